The smallest absolute Gasteiger partial charge is 0.135 e. The highest BCUT2D eigenvalue weighted by Gasteiger charge is 2.20. The van der Waals surface area contributed by atoms with Gasteiger partial charge in [-0.05, 0) is 168 Å². The van der Waals surface area contributed by atoms with Crippen LogP contribution in [0.2, 0.25) is 0 Å². The molecular formula is C66H37Br2N3O2. The van der Waals surface area contributed by atoms with Gasteiger partial charge in [0.15, 0.2) is 0 Å². The fourth-order valence-electron chi connectivity index (χ4n) is 11.8. The molecular weight excluding hydrogens is 1030 g/mol. The number of para-hydroxylation sites is 3. The van der Waals surface area contributed by atoms with Crippen LogP contribution < -0.4 is 0 Å². The zero-order valence-corrected chi connectivity index (χ0v) is 41.9. The molecule has 16 rings (SSSR count). The second-order valence-electron chi connectivity index (χ2n) is 19.1. The highest BCUT2D eigenvalue weighted by atomic mass is 79.9. The highest BCUT2D eigenvalue weighted by Crippen LogP contribution is 2.43. The molecule has 0 amide bonds. The minimum atomic E-state index is 0.881. The van der Waals surface area contributed by atoms with Gasteiger partial charge < -0.3 is 22.5 Å². The summed E-state index contributed by atoms with van der Waals surface area (Å²) in [6.45, 7) is 0. The molecule has 0 saturated heterocycles. The summed E-state index contributed by atoms with van der Waals surface area (Å²) < 4.78 is 21.8. The van der Waals surface area contributed by atoms with E-state index < -0.39 is 0 Å². The van der Waals surface area contributed by atoms with Crippen LogP contribution in [0, 0.1) is 0 Å². The quantitative estimate of drug-likeness (QED) is 0.172. The van der Waals surface area contributed by atoms with Crippen LogP contribution in [-0.2, 0) is 0 Å². The Balaban J connectivity index is 0.890. The van der Waals surface area contributed by atoms with Crippen molar-refractivity contribution in [2.24, 2.45) is 0 Å². The lowest BCUT2D eigenvalue weighted by Gasteiger charge is -2.10. The molecule has 0 N–H and O–H groups in total. The molecule has 11 aromatic carbocycles. The van der Waals surface area contributed by atoms with E-state index >= 15 is 0 Å². The third kappa shape index (κ3) is 6.13. The normalized spacial score (nSPS) is 12.2. The number of fused-ring (bicyclic) bond motifs is 15. The van der Waals surface area contributed by atoms with E-state index in [0.29, 0.717) is 0 Å². The number of hydrogen-bond acceptors (Lipinski definition) is 2. The SMILES string of the molecule is Brc1ccc(-n2c3ccc(Br)cc3c3cc(-c4ccc5c(c4)c4cc(-c6ccc7c(c6)c6ccccc6n7-c6ccc7oc8ccccc8c7c6)ccc4n5-c4ccc5oc6ccccc6c5c4)ccc32)cc1. The molecule has 0 atom stereocenters. The number of furan rings is 2. The molecule has 73 heavy (non-hydrogen) atoms. The van der Waals surface area contributed by atoms with E-state index in [-0.39, 0.29) is 0 Å². The maximum atomic E-state index is 6.32. The number of halogens is 2. The summed E-state index contributed by atoms with van der Waals surface area (Å²) in [4.78, 5) is 0. The van der Waals surface area contributed by atoms with Crippen molar-refractivity contribution in [1.29, 1.82) is 0 Å². The number of benzene rings is 11. The fourth-order valence-corrected chi connectivity index (χ4v) is 12.5. The molecule has 342 valence electrons. The van der Waals surface area contributed by atoms with Crippen LogP contribution in [0.25, 0.3) is 149 Å². The van der Waals surface area contributed by atoms with E-state index in [9.17, 15) is 0 Å². The highest BCUT2D eigenvalue weighted by molar-refractivity contribution is 9.10. The van der Waals surface area contributed by atoms with Crippen LogP contribution in [0.15, 0.2) is 242 Å². The van der Waals surface area contributed by atoms with Crippen LogP contribution in [0.3, 0.4) is 0 Å². The fraction of sp³-hybridized carbons (Fsp3) is 0. The summed E-state index contributed by atoms with van der Waals surface area (Å²) in [5.41, 5.74) is 18.4. The Bertz CT molecular complexity index is 5010. The molecule has 0 aliphatic rings. The van der Waals surface area contributed by atoms with Crippen molar-refractivity contribution in [1.82, 2.24) is 13.7 Å². The number of rotatable bonds is 5. The zero-order valence-electron chi connectivity index (χ0n) is 38.8. The molecule has 0 unspecified atom stereocenters. The second kappa shape index (κ2) is 15.4. The van der Waals surface area contributed by atoms with Gasteiger partial charge in [0.05, 0.1) is 33.1 Å². The Labute approximate surface area is 433 Å². The molecule has 0 bridgehead atoms. The second-order valence-corrected chi connectivity index (χ2v) is 21.0. The van der Waals surface area contributed by atoms with Crippen molar-refractivity contribution in [3.8, 4) is 39.3 Å². The van der Waals surface area contributed by atoms with Gasteiger partial charge in [0.2, 0.25) is 0 Å². The van der Waals surface area contributed by atoms with Gasteiger partial charge in [-0.15, -0.1) is 0 Å². The number of aromatic nitrogens is 3. The van der Waals surface area contributed by atoms with Crippen LogP contribution >= 0.6 is 31.9 Å². The minimum absolute atomic E-state index is 0.881. The molecule has 5 nitrogen and oxygen atoms in total. The Morgan fingerprint density at radius 2 is 0.575 bits per heavy atom. The first-order valence-corrected chi connectivity index (χ1v) is 26.0. The summed E-state index contributed by atoms with van der Waals surface area (Å²) in [7, 11) is 0. The molecule has 0 saturated carbocycles. The van der Waals surface area contributed by atoms with Gasteiger partial charge in [-0.25, -0.2) is 0 Å². The van der Waals surface area contributed by atoms with Crippen molar-refractivity contribution < 1.29 is 8.83 Å². The van der Waals surface area contributed by atoms with E-state index in [0.717, 1.165) is 114 Å². The molecule has 5 heterocycles. The maximum Gasteiger partial charge on any atom is 0.135 e. The van der Waals surface area contributed by atoms with Crippen molar-refractivity contribution >= 4 is 141 Å². The molecule has 7 heteroatoms. The van der Waals surface area contributed by atoms with Gasteiger partial charge in [-0.3, -0.25) is 0 Å². The summed E-state index contributed by atoms with van der Waals surface area (Å²) in [6.07, 6.45) is 0. The Kier molecular flexibility index (Phi) is 8.68. The van der Waals surface area contributed by atoms with E-state index in [1.54, 1.807) is 0 Å². The van der Waals surface area contributed by atoms with Crippen LogP contribution in [0.1, 0.15) is 0 Å². The first kappa shape index (κ1) is 41.0. The van der Waals surface area contributed by atoms with Gasteiger partial charge in [-0.1, -0.05) is 111 Å². The predicted octanol–water partition coefficient (Wildman–Crippen LogP) is 19.6. The minimum Gasteiger partial charge on any atom is -0.456 e. The largest absolute Gasteiger partial charge is 0.456 e. The van der Waals surface area contributed by atoms with Gasteiger partial charge in [0.25, 0.3) is 0 Å². The van der Waals surface area contributed by atoms with Crippen LogP contribution in [0.4, 0.5) is 0 Å². The first-order valence-electron chi connectivity index (χ1n) is 24.4. The predicted molar refractivity (Wildman–Crippen MR) is 310 cm³/mol. The molecule has 0 fully saturated rings. The molecule has 0 aliphatic carbocycles. The Morgan fingerprint density at radius 3 is 1.07 bits per heavy atom. The van der Waals surface area contributed by atoms with Crippen LogP contribution in [-0.4, -0.2) is 13.7 Å². The zero-order chi connectivity index (χ0) is 48.1. The average molecular weight is 1060 g/mol. The van der Waals surface area contributed by atoms with Crippen molar-refractivity contribution in [2.75, 3.05) is 0 Å². The summed E-state index contributed by atoms with van der Waals surface area (Å²) in [5.74, 6) is 0. The lowest BCUT2D eigenvalue weighted by molar-refractivity contribution is 0.668. The third-order valence-electron chi connectivity index (χ3n) is 15.2. The summed E-state index contributed by atoms with van der Waals surface area (Å²) >= 11 is 7.43. The van der Waals surface area contributed by atoms with Gasteiger partial charge in [0.1, 0.15) is 22.3 Å². The summed E-state index contributed by atoms with van der Waals surface area (Å²) in [6, 6.07) is 81.5. The Hall–Kier alpha value is -8.62. The number of nitrogens with zero attached hydrogens (tertiary/aromatic N) is 3. The van der Waals surface area contributed by atoms with E-state index in [1.807, 2.05) is 24.3 Å². The Morgan fingerprint density at radius 1 is 0.233 bits per heavy atom. The van der Waals surface area contributed by atoms with E-state index in [1.165, 1.54) is 43.4 Å². The lowest BCUT2D eigenvalue weighted by atomic mass is 9.98. The molecule has 0 aliphatic heterocycles. The topological polar surface area (TPSA) is 41.1 Å². The maximum absolute atomic E-state index is 6.32. The van der Waals surface area contributed by atoms with Gasteiger partial charge >= 0.3 is 0 Å². The average Bonchev–Trinajstić information content (AvgIpc) is 4.25. The number of hydrogen-bond donors (Lipinski definition) is 0. The molecule has 0 radical (unpaired) electrons. The van der Waals surface area contributed by atoms with Crippen molar-refractivity contribution in [3.63, 3.8) is 0 Å². The molecule has 5 aromatic heterocycles. The van der Waals surface area contributed by atoms with Gasteiger partial charge in [-0.2, -0.15) is 0 Å². The van der Waals surface area contributed by atoms with E-state index in [2.05, 4.69) is 246 Å². The van der Waals surface area contributed by atoms with Crippen molar-refractivity contribution in [2.45, 2.75) is 0 Å². The molecule has 0 spiro atoms. The van der Waals surface area contributed by atoms with E-state index in [4.69, 9.17) is 8.83 Å². The summed E-state index contributed by atoms with van der Waals surface area (Å²) in [5, 5.41) is 11.6. The van der Waals surface area contributed by atoms with Gasteiger partial charge in [0, 0.05) is 79.9 Å². The standard InChI is InChI=1S/C66H37Br2N3O2/c67-42-17-20-44(21-18-42)69-59-25-14-41(34-53(59)54-35-43(68)19-28-62(54)69)40-16-27-61-52(33-40)51-32-39(15-26-60(51)71(61)46-23-30-66-56(37-46)49-9-3-6-12-64(49)73-66)38-13-24-58-50(31-38)47-7-1-4-10-57(47)70(58)45-22-29-65-55(36-45)48-8-2-5-11-63(48)72-65/h1-37H. The monoisotopic (exact) mass is 1060 g/mol. The lowest BCUT2D eigenvalue weighted by Crippen LogP contribution is -1.94. The van der Waals surface area contributed by atoms with Crippen molar-refractivity contribution in [3.05, 3.63) is 233 Å². The molecule has 16 aromatic rings. The third-order valence-corrected chi connectivity index (χ3v) is 16.2. The first-order chi connectivity index (χ1) is 36.0. The van der Waals surface area contributed by atoms with Crippen LogP contribution in [0.5, 0.6) is 0 Å².